The Morgan fingerprint density at radius 1 is 1.15 bits per heavy atom. The minimum atomic E-state index is -0.304. The number of anilines is 1. The van der Waals surface area contributed by atoms with Crippen LogP contribution in [0.5, 0.6) is 23.0 Å². The van der Waals surface area contributed by atoms with E-state index in [1.165, 1.54) is 13.2 Å². The van der Waals surface area contributed by atoms with Gasteiger partial charge in [0.25, 0.3) is 0 Å². The number of amides is 1. The standard InChI is InChI=1S/C20H20ClNO5/c1-24-14-5-6-16(17(12-14)25-2)22-19(23)7-4-13-10-15(21)20-18(11-13)26-8-3-9-27-20/h4-7,10-12H,3,8-9H2,1-2H3,(H,22,23). The Kier molecular flexibility index (Phi) is 6.08. The molecule has 0 saturated carbocycles. The van der Waals surface area contributed by atoms with Gasteiger partial charge in [-0.3, -0.25) is 4.79 Å². The average molecular weight is 390 g/mol. The fraction of sp³-hybridized carbons (Fsp3) is 0.250. The summed E-state index contributed by atoms with van der Waals surface area (Å²) in [6.07, 6.45) is 3.87. The minimum absolute atomic E-state index is 0.304. The molecule has 0 aliphatic carbocycles. The van der Waals surface area contributed by atoms with Crippen molar-refractivity contribution in [3.63, 3.8) is 0 Å². The summed E-state index contributed by atoms with van der Waals surface area (Å²) < 4.78 is 21.7. The van der Waals surface area contributed by atoms with E-state index < -0.39 is 0 Å². The summed E-state index contributed by atoms with van der Waals surface area (Å²) in [5.41, 5.74) is 1.28. The molecule has 0 saturated heterocycles. The molecule has 2 aromatic carbocycles. The van der Waals surface area contributed by atoms with Crippen molar-refractivity contribution < 1.29 is 23.7 Å². The lowest BCUT2D eigenvalue weighted by Crippen LogP contribution is -2.09. The van der Waals surface area contributed by atoms with Gasteiger partial charge in [-0.2, -0.15) is 0 Å². The summed E-state index contributed by atoms with van der Waals surface area (Å²) in [6, 6.07) is 8.68. The molecule has 0 atom stereocenters. The lowest BCUT2D eigenvalue weighted by atomic mass is 10.2. The van der Waals surface area contributed by atoms with E-state index in [-0.39, 0.29) is 5.91 Å². The predicted octanol–water partition coefficient (Wildman–Crippen LogP) is 4.17. The lowest BCUT2D eigenvalue weighted by Gasteiger charge is -2.11. The number of hydrogen-bond acceptors (Lipinski definition) is 5. The third-order valence-electron chi connectivity index (χ3n) is 3.92. The first-order valence-corrected chi connectivity index (χ1v) is 8.78. The molecule has 0 fully saturated rings. The van der Waals surface area contributed by atoms with Crippen LogP contribution in [0.1, 0.15) is 12.0 Å². The molecule has 2 aromatic rings. The summed E-state index contributed by atoms with van der Waals surface area (Å²) >= 11 is 6.27. The number of halogens is 1. The van der Waals surface area contributed by atoms with Gasteiger partial charge < -0.3 is 24.3 Å². The Balaban J connectivity index is 1.74. The number of hydrogen-bond donors (Lipinski definition) is 1. The molecule has 7 heteroatoms. The van der Waals surface area contributed by atoms with Crippen LogP contribution in [0.2, 0.25) is 5.02 Å². The van der Waals surface area contributed by atoms with Crippen LogP contribution in [0.3, 0.4) is 0 Å². The number of rotatable bonds is 5. The lowest BCUT2D eigenvalue weighted by molar-refractivity contribution is -0.111. The number of ether oxygens (including phenoxy) is 4. The highest BCUT2D eigenvalue weighted by molar-refractivity contribution is 6.32. The van der Waals surface area contributed by atoms with Crippen molar-refractivity contribution in [2.24, 2.45) is 0 Å². The van der Waals surface area contributed by atoms with Gasteiger partial charge in [0.2, 0.25) is 5.91 Å². The number of benzene rings is 2. The summed E-state index contributed by atoms with van der Waals surface area (Å²) in [7, 11) is 3.09. The van der Waals surface area contributed by atoms with E-state index in [2.05, 4.69) is 5.32 Å². The Labute approximate surface area is 162 Å². The van der Waals surface area contributed by atoms with E-state index in [4.69, 9.17) is 30.5 Å². The van der Waals surface area contributed by atoms with Crippen LogP contribution in [0, 0.1) is 0 Å². The van der Waals surface area contributed by atoms with E-state index in [9.17, 15) is 4.79 Å². The molecular formula is C20H20ClNO5. The van der Waals surface area contributed by atoms with Crippen molar-refractivity contribution >= 4 is 29.3 Å². The molecule has 1 N–H and O–H groups in total. The Hall–Kier alpha value is -2.86. The molecule has 27 heavy (non-hydrogen) atoms. The molecule has 0 radical (unpaired) electrons. The summed E-state index contributed by atoms with van der Waals surface area (Å²) in [6.45, 7) is 1.13. The molecule has 1 amide bonds. The van der Waals surface area contributed by atoms with Gasteiger partial charge in [-0.15, -0.1) is 0 Å². The summed E-state index contributed by atoms with van der Waals surface area (Å²) in [4.78, 5) is 12.3. The second kappa shape index (κ2) is 8.68. The van der Waals surface area contributed by atoms with Crippen LogP contribution in [0.25, 0.3) is 6.08 Å². The average Bonchev–Trinajstić information content (AvgIpc) is 2.92. The van der Waals surface area contributed by atoms with Crippen molar-refractivity contribution in [2.75, 3.05) is 32.8 Å². The molecule has 1 heterocycles. The van der Waals surface area contributed by atoms with E-state index >= 15 is 0 Å². The fourth-order valence-corrected chi connectivity index (χ4v) is 2.87. The molecule has 3 rings (SSSR count). The minimum Gasteiger partial charge on any atom is -0.497 e. The van der Waals surface area contributed by atoms with Crippen LogP contribution in [-0.4, -0.2) is 33.3 Å². The van der Waals surface area contributed by atoms with Gasteiger partial charge in [-0.05, 0) is 35.9 Å². The quantitative estimate of drug-likeness (QED) is 0.777. The predicted molar refractivity (Wildman–Crippen MR) is 104 cm³/mol. The monoisotopic (exact) mass is 389 g/mol. The maximum Gasteiger partial charge on any atom is 0.248 e. The smallest absolute Gasteiger partial charge is 0.248 e. The van der Waals surface area contributed by atoms with Crippen LogP contribution in [0.15, 0.2) is 36.4 Å². The van der Waals surface area contributed by atoms with Crippen LogP contribution in [0.4, 0.5) is 5.69 Å². The molecule has 142 valence electrons. The molecule has 6 nitrogen and oxygen atoms in total. The van der Waals surface area contributed by atoms with Gasteiger partial charge in [-0.1, -0.05) is 11.6 Å². The van der Waals surface area contributed by atoms with Crippen molar-refractivity contribution in [3.05, 3.63) is 47.0 Å². The number of carbonyl (C=O) groups excluding carboxylic acids is 1. The summed E-state index contributed by atoms with van der Waals surface area (Å²) in [5, 5.41) is 3.22. The number of nitrogens with one attached hydrogen (secondary N) is 1. The van der Waals surface area contributed by atoms with Gasteiger partial charge in [0.05, 0.1) is 38.1 Å². The van der Waals surface area contributed by atoms with E-state index in [1.807, 2.05) is 0 Å². The van der Waals surface area contributed by atoms with E-state index in [0.717, 1.165) is 12.0 Å². The second-order valence-electron chi connectivity index (χ2n) is 5.77. The third-order valence-corrected chi connectivity index (χ3v) is 4.20. The molecule has 0 spiro atoms. The molecular weight excluding hydrogens is 370 g/mol. The Morgan fingerprint density at radius 2 is 1.96 bits per heavy atom. The maximum absolute atomic E-state index is 12.3. The molecule has 1 aliphatic heterocycles. The molecule has 1 aliphatic rings. The normalized spacial score (nSPS) is 13.1. The van der Waals surface area contributed by atoms with Crippen molar-refractivity contribution in [1.29, 1.82) is 0 Å². The Morgan fingerprint density at radius 3 is 2.74 bits per heavy atom. The van der Waals surface area contributed by atoms with Gasteiger partial charge in [0, 0.05) is 18.6 Å². The zero-order chi connectivity index (χ0) is 19.2. The first kappa shape index (κ1) is 18.9. The third kappa shape index (κ3) is 4.65. The number of fused-ring (bicyclic) bond motifs is 1. The van der Waals surface area contributed by atoms with Gasteiger partial charge >= 0.3 is 0 Å². The highest BCUT2D eigenvalue weighted by Crippen LogP contribution is 2.38. The highest BCUT2D eigenvalue weighted by atomic mass is 35.5. The van der Waals surface area contributed by atoms with Crippen LogP contribution >= 0.6 is 11.6 Å². The number of carbonyl (C=O) groups is 1. The topological polar surface area (TPSA) is 66.0 Å². The van der Waals surface area contributed by atoms with E-state index in [1.54, 1.807) is 43.5 Å². The van der Waals surface area contributed by atoms with Crippen molar-refractivity contribution in [1.82, 2.24) is 0 Å². The maximum atomic E-state index is 12.3. The zero-order valence-corrected chi connectivity index (χ0v) is 15.8. The Bertz CT molecular complexity index is 866. The van der Waals surface area contributed by atoms with E-state index in [0.29, 0.717) is 46.9 Å². The second-order valence-corrected chi connectivity index (χ2v) is 6.18. The van der Waals surface area contributed by atoms with Crippen LogP contribution in [-0.2, 0) is 4.79 Å². The highest BCUT2D eigenvalue weighted by Gasteiger charge is 2.15. The molecule has 0 aromatic heterocycles. The van der Waals surface area contributed by atoms with Crippen LogP contribution < -0.4 is 24.3 Å². The van der Waals surface area contributed by atoms with Gasteiger partial charge in [0.1, 0.15) is 11.5 Å². The fourth-order valence-electron chi connectivity index (χ4n) is 2.60. The first-order chi connectivity index (χ1) is 13.1. The van der Waals surface area contributed by atoms with Gasteiger partial charge in [0.15, 0.2) is 11.5 Å². The SMILES string of the molecule is COc1ccc(NC(=O)C=Cc2cc(Cl)c3c(c2)OCCCO3)c(OC)c1. The zero-order valence-electron chi connectivity index (χ0n) is 15.1. The number of methoxy groups -OCH3 is 2. The van der Waals surface area contributed by atoms with Crippen molar-refractivity contribution in [2.45, 2.75) is 6.42 Å². The molecule has 0 bridgehead atoms. The molecule has 0 unspecified atom stereocenters. The summed E-state index contributed by atoms with van der Waals surface area (Å²) in [5.74, 6) is 1.97. The first-order valence-electron chi connectivity index (χ1n) is 8.41. The van der Waals surface area contributed by atoms with Gasteiger partial charge in [-0.25, -0.2) is 0 Å². The largest absolute Gasteiger partial charge is 0.497 e. The van der Waals surface area contributed by atoms with Crippen molar-refractivity contribution in [3.8, 4) is 23.0 Å².